The third kappa shape index (κ3) is 11.1. The van der Waals surface area contributed by atoms with Crippen molar-refractivity contribution in [2.75, 3.05) is 6.16 Å². The molecule has 0 bridgehead atoms. The first-order chi connectivity index (χ1) is 8.07. The lowest BCUT2D eigenvalue weighted by atomic mass is 10.1. The van der Waals surface area contributed by atoms with Gasteiger partial charge in [-0.3, -0.25) is 0 Å². The molecule has 0 heterocycles. The Bertz CT molecular complexity index is 189. The van der Waals surface area contributed by atoms with Crippen molar-refractivity contribution in [2.24, 2.45) is 5.92 Å². The van der Waals surface area contributed by atoms with Gasteiger partial charge >= 0.3 is 0 Å². The minimum absolute atomic E-state index is 0.477. The number of rotatable bonds is 11. The highest BCUT2D eigenvalue weighted by Gasteiger charge is 2.10. The van der Waals surface area contributed by atoms with Crippen molar-refractivity contribution in [1.29, 1.82) is 0 Å². The monoisotopic (exact) mass is 260 g/mol. The minimum Gasteiger partial charge on any atom is -0.327 e. The molecule has 2 heteroatoms. The molecule has 0 aliphatic heterocycles. The minimum atomic E-state index is -1.30. The Morgan fingerprint density at radius 3 is 2.12 bits per heavy atom. The second kappa shape index (κ2) is 11.3. The molecule has 0 aromatic heterocycles. The molecule has 0 saturated carbocycles. The molecule has 0 spiro atoms. The summed E-state index contributed by atoms with van der Waals surface area (Å²) in [5, 5.41) is 0. The summed E-state index contributed by atoms with van der Waals surface area (Å²) in [6, 6.07) is 0. The normalized spacial score (nSPS) is 15.1. The van der Waals surface area contributed by atoms with E-state index in [1.54, 1.807) is 0 Å². The largest absolute Gasteiger partial charge is 0.327 e. The summed E-state index contributed by atoms with van der Waals surface area (Å²) in [4.78, 5) is 0. The lowest BCUT2D eigenvalue weighted by Crippen LogP contribution is -1.99. The summed E-state index contributed by atoms with van der Waals surface area (Å²) in [6.45, 7) is 8.95. The van der Waals surface area contributed by atoms with Gasteiger partial charge in [-0.25, -0.2) is 0 Å². The summed E-state index contributed by atoms with van der Waals surface area (Å²) in [6.07, 6.45) is 11.1. The Labute approximate surface area is 110 Å². The first-order valence-corrected chi connectivity index (χ1v) is 9.29. The smallest absolute Gasteiger partial charge is 0.0788 e. The highest BCUT2D eigenvalue weighted by atomic mass is 31.1. The third-order valence-corrected chi connectivity index (χ3v) is 5.73. The Morgan fingerprint density at radius 2 is 1.53 bits per heavy atom. The first-order valence-electron chi connectivity index (χ1n) is 7.60. The van der Waals surface area contributed by atoms with Gasteiger partial charge in [-0.15, -0.1) is 0 Å². The molecule has 0 fully saturated rings. The molecule has 1 nitrogen and oxygen atoms in total. The molecule has 0 aromatic carbocycles. The summed E-state index contributed by atoms with van der Waals surface area (Å²) < 4.78 is 12.0. The molecule has 0 aliphatic carbocycles. The summed E-state index contributed by atoms with van der Waals surface area (Å²) >= 11 is 0. The van der Waals surface area contributed by atoms with Gasteiger partial charge in [-0.2, -0.15) is 0 Å². The Kier molecular flexibility index (Phi) is 11.5. The van der Waals surface area contributed by atoms with Crippen molar-refractivity contribution < 1.29 is 4.57 Å². The van der Waals surface area contributed by atoms with Crippen LogP contribution in [-0.2, 0) is 4.57 Å². The summed E-state index contributed by atoms with van der Waals surface area (Å²) in [7, 11) is -1.30. The SMILES string of the molecule is CCCCCCC[PH](=O)C(C)CCCC(C)C. The van der Waals surface area contributed by atoms with Crippen LogP contribution >= 0.6 is 7.80 Å². The van der Waals surface area contributed by atoms with Crippen LogP contribution < -0.4 is 0 Å². The van der Waals surface area contributed by atoms with Gasteiger partial charge in [0, 0.05) is 5.66 Å². The maximum Gasteiger partial charge on any atom is 0.0788 e. The van der Waals surface area contributed by atoms with E-state index in [4.69, 9.17) is 0 Å². The number of unbranched alkanes of at least 4 members (excludes halogenated alkanes) is 4. The van der Waals surface area contributed by atoms with Gasteiger partial charge in [-0.05, 0) is 24.9 Å². The van der Waals surface area contributed by atoms with Crippen molar-refractivity contribution in [3.05, 3.63) is 0 Å². The highest BCUT2D eigenvalue weighted by Crippen LogP contribution is 2.33. The molecule has 2 atom stereocenters. The molecule has 0 aromatic rings. The molecule has 0 aliphatic rings. The van der Waals surface area contributed by atoms with Crippen LogP contribution in [0.5, 0.6) is 0 Å². The maximum atomic E-state index is 12.0. The van der Waals surface area contributed by atoms with E-state index in [1.807, 2.05) is 0 Å². The van der Waals surface area contributed by atoms with Gasteiger partial charge in [0.05, 0.1) is 7.80 Å². The highest BCUT2D eigenvalue weighted by molar-refractivity contribution is 7.45. The standard InChI is InChI=1S/C15H33OP/c1-5-6-7-8-9-13-17(16)15(4)12-10-11-14(2)3/h14-15,17H,5-13H2,1-4H3. The van der Waals surface area contributed by atoms with E-state index in [2.05, 4.69) is 27.7 Å². The van der Waals surface area contributed by atoms with Gasteiger partial charge in [0.1, 0.15) is 0 Å². The zero-order valence-corrected chi connectivity index (χ0v) is 13.4. The predicted octanol–water partition coefficient (Wildman–Crippen LogP) is 5.73. The second-order valence-electron chi connectivity index (χ2n) is 5.86. The lowest BCUT2D eigenvalue weighted by Gasteiger charge is -2.12. The van der Waals surface area contributed by atoms with E-state index < -0.39 is 7.80 Å². The molecular formula is C15H33OP. The quantitative estimate of drug-likeness (QED) is 0.342. The van der Waals surface area contributed by atoms with Crippen molar-refractivity contribution in [2.45, 2.75) is 84.7 Å². The summed E-state index contributed by atoms with van der Waals surface area (Å²) in [5.41, 5.74) is 0.477. The van der Waals surface area contributed by atoms with Crippen LogP contribution in [0.25, 0.3) is 0 Å². The van der Waals surface area contributed by atoms with Crippen LogP contribution in [0, 0.1) is 5.92 Å². The second-order valence-corrected chi connectivity index (χ2v) is 8.27. The van der Waals surface area contributed by atoms with Gasteiger partial charge in [0.2, 0.25) is 0 Å². The number of hydrogen-bond acceptors (Lipinski definition) is 1. The topological polar surface area (TPSA) is 17.1 Å². The molecule has 104 valence electrons. The lowest BCUT2D eigenvalue weighted by molar-refractivity contribution is 0.525. The van der Waals surface area contributed by atoms with E-state index in [0.29, 0.717) is 5.66 Å². The van der Waals surface area contributed by atoms with E-state index in [9.17, 15) is 4.57 Å². The Hall–Kier alpha value is 0.230. The fourth-order valence-corrected chi connectivity index (χ4v) is 3.76. The zero-order chi connectivity index (χ0) is 13.1. The van der Waals surface area contributed by atoms with Crippen LogP contribution in [0.1, 0.15) is 79.1 Å². The van der Waals surface area contributed by atoms with Gasteiger partial charge in [-0.1, -0.05) is 66.2 Å². The van der Waals surface area contributed by atoms with Crippen molar-refractivity contribution in [1.82, 2.24) is 0 Å². The van der Waals surface area contributed by atoms with Gasteiger partial charge in [0.25, 0.3) is 0 Å². The van der Waals surface area contributed by atoms with E-state index in [1.165, 1.54) is 51.4 Å². The van der Waals surface area contributed by atoms with Crippen LogP contribution in [0.3, 0.4) is 0 Å². The summed E-state index contributed by atoms with van der Waals surface area (Å²) in [5.74, 6) is 0.790. The molecule has 0 rings (SSSR count). The van der Waals surface area contributed by atoms with E-state index in [-0.39, 0.29) is 0 Å². The number of hydrogen-bond donors (Lipinski definition) is 0. The predicted molar refractivity (Wildman–Crippen MR) is 80.8 cm³/mol. The van der Waals surface area contributed by atoms with Gasteiger partial charge in [0.15, 0.2) is 0 Å². The molecule has 0 radical (unpaired) electrons. The van der Waals surface area contributed by atoms with Gasteiger partial charge < -0.3 is 4.57 Å². The molecular weight excluding hydrogens is 227 g/mol. The van der Waals surface area contributed by atoms with Crippen molar-refractivity contribution >= 4 is 7.80 Å². The van der Waals surface area contributed by atoms with E-state index >= 15 is 0 Å². The van der Waals surface area contributed by atoms with Crippen LogP contribution in [0.2, 0.25) is 0 Å². The van der Waals surface area contributed by atoms with E-state index in [0.717, 1.165) is 12.1 Å². The molecule has 17 heavy (non-hydrogen) atoms. The Balaban J connectivity index is 3.47. The van der Waals surface area contributed by atoms with Crippen molar-refractivity contribution in [3.8, 4) is 0 Å². The molecule has 0 saturated heterocycles. The Morgan fingerprint density at radius 1 is 0.882 bits per heavy atom. The van der Waals surface area contributed by atoms with Crippen molar-refractivity contribution in [3.63, 3.8) is 0 Å². The fraction of sp³-hybridized carbons (Fsp3) is 1.00. The average molecular weight is 260 g/mol. The van der Waals surface area contributed by atoms with Crippen LogP contribution in [-0.4, -0.2) is 11.8 Å². The van der Waals surface area contributed by atoms with Crippen LogP contribution in [0.15, 0.2) is 0 Å². The molecule has 0 amide bonds. The molecule has 0 N–H and O–H groups in total. The maximum absolute atomic E-state index is 12.0. The molecule has 2 unspecified atom stereocenters. The van der Waals surface area contributed by atoms with Crippen LogP contribution in [0.4, 0.5) is 0 Å². The third-order valence-electron chi connectivity index (χ3n) is 3.49. The average Bonchev–Trinajstić information content (AvgIpc) is 2.27. The first kappa shape index (κ1) is 17.2. The fourth-order valence-electron chi connectivity index (χ4n) is 2.14. The zero-order valence-electron chi connectivity index (χ0n) is 12.4.